The van der Waals surface area contributed by atoms with E-state index >= 15 is 0 Å². The zero-order chi connectivity index (χ0) is 18.3. The van der Waals surface area contributed by atoms with Crippen molar-refractivity contribution in [2.75, 3.05) is 0 Å². The summed E-state index contributed by atoms with van der Waals surface area (Å²) in [6.45, 7) is 3.13. The number of carbonyl (C=O) groups excluding carboxylic acids is 2. The molecule has 2 aliphatic heterocycles. The van der Waals surface area contributed by atoms with Gasteiger partial charge in [0.25, 0.3) is 0 Å². The molecule has 2 aromatic rings. The number of fused-ring (bicyclic) bond motifs is 2. The van der Waals surface area contributed by atoms with E-state index in [0.29, 0.717) is 0 Å². The van der Waals surface area contributed by atoms with Crippen LogP contribution in [-0.4, -0.2) is 21.6 Å². The average Bonchev–Trinajstić information content (AvgIpc) is 2.66. The van der Waals surface area contributed by atoms with Gasteiger partial charge in [0.1, 0.15) is 0 Å². The minimum absolute atomic E-state index is 0.0451. The van der Waals surface area contributed by atoms with E-state index < -0.39 is 0 Å². The summed E-state index contributed by atoms with van der Waals surface area (Å²) in [5, 5.41) is 0. The molecule has 4 nitrogen and oxygen atoms in total. The second-order valence-corrected chi connectivity index (χ2v) is 6.63. The Morgan fingerprint density at radius 3 is 1.46 bits per heavy atom. The van der Waals surface area contributed by atoms with Crippen molar-refractivity contribution >= 4 is 24.0 Å². The number of carbonyl (C=O) groups is 2. The maximum atomic E-state index is 12.4. The van der Waals surface area contributed by atoms with Crippen molar-refractivity contribution < 1.29 is 9.59 Å². The molecule has 2 heterocycles. The van der Waals surface area contributed by atoms with Gasteiger partial charge >= 0.3 is 0 Å². The number of hydrogen-bond donors (Lipinski definition) is 0. The lowest BCUT2D eigenvalue weighted by atomic mass is 9.83. The normalized spacial score (nSPS) is 20.5. The second-order valence-electron chi connectivity index (χ2n) is 6.63. The Morgan fingerprint density at radius 2 is 1.08 bits per heavy atom. The molecule has 0 aliphatic carbocycles. The van der Waals surface area contributed by atoms with Crippen molar-refractivity contribution in [1.29, 1.82) is 0 Å². The molecule has 26 heavy (non-hydrogen) atoms. The number of amides is 2. The zero-order valence-electron chi connectivity index (χ0n) is 14.8. The highest BCUT2D eigenvalue weighted by Crippen LogP contribution is 2.45. The van der Waals surface area contributed by atoms with Gasteiger partial charge in [-0.1, -0.05) is 48.5 Å². The Hall–Kier alpha value is -3.14. The average molecular weight is 344 g/mol. The summed E-state index contributed by atoms with van der Waals surface area (Å²) in [5.74, 6) is -0.0902. The monoisotopic (exact) mass is 344 g/mol. The van der Waals surface area contributed by atoms with Crippen LogP contribution in [0.25, 0.3) is 12.2 Å². The van der Waals surface area contributed by atoms with E-state index in [1.807, 2.05) is 73.1 Å². The molecule has 0 saturated heterocycles. The molecule has 2 aliphatic rings. The Balaban J connectivity index is 1.94. The van der Waals surface area contributed by atoms with Gasteiger partial charge in [-0.05, 0) is 34.4 Å². The minimum Gasteiger partial charge on any atom is -0.309 e. The fraction of sp³-hybridized carbons (Fsp3) is 0.182. The van der Waals surface area contributed by atoms with E-state index in [4.69, 9.17) is 0 Å². The lowest BCUT2D eigenvalue weighted by Gasteiger charge is -2.43. The molecule has 2 amide bonds. The molecule has 0 unspecified atom stereocenters. The molecule has 2 atom stereocenters. The summed E-state index contributed by atoms with van der Waals surface area (Å²) >= 11 is 0. The molecular formula is C22H20N2O2. The summed E-state index contributed by atoms with van der Waals surface area (Å²) in [5.41, 5.74) is 4.24. The first kappa shape index (κ1) is 16.3. The van der Waals surface area contributed by atoms with Crippen LogP contribution in [0.1, 0.15) is 48.2 Å². The zero-order valence-corrected chi connectivity index (χ0v) is 14.8. The predicted octanol–water partition coefficient (Wildman–Crippen LogP) is 4.13. The Labute approximate surface area is 153 Å². The van der Waals surface area contributed by atoms with Gasteiger partial charge in [0.2, 0.25) is 11.8 Å². The number of benzene rings is 2. The van der Waals surface area contributed by atoms with Gasteiger partial charge in [0.05, 0.1) is 12.1 Å². The first-order valence-corrected chi connectivity index (χ1v) is 8.70. The fourth-order valence-electron chi connectivity index (χ4n) is 3.92. The van der Waals surface area contributed by atoms with E-state index in [1.54, 1.807) is 23.6 Å². The Bertz CT molecular complexity index is 867. The fourth-order valence-corrected chi connectivity index (χ4v) is 3.92. The minimum atomic E-state index is -0.274. The van der Waals surface area contributed by atoms with Gasteiger partial charge < -0.3 is 9.80 Å². The molecule has 4 rings (SSSR count). The smallest absolute Gasteiger partial charge is 0.224 e. The third-order valence-electron chi connectivity index (χ3n) is 5.08. The topological polar surface area (TPSA) is 40.6 Å². The number of nitrogens with zero attached hydrogens (tertiary/aromatic N) is 2. The van der Waals surface area contributed by atoms with Crippen molar-refractivity contribution in [3.05, 3.63) is 83.2 Å². The van der Waals surface area contributed by atoms with Crippen LogP contribution in [0, 0.1) is 0 Å². The molecule has 4 heteroatoms. The van der Waals surface area contributed by atoms with E-state index in [9.17, 15) is 9.59 Å². The predicted molar refractivity (Wildman–Crippen MR) is 101 cm³/mol. The standard InChI is InChI=1S/C22H20N2O2/c1-15(25)23-13-11-17-7-3-5-9-19(17)21(23)22-20-10-6-4-8-18(20)12-14-24(22)16(2)26/h3-14,21-22H,1-2H3/t21-,22+. The SMILES string of the molecule is CC(=O)N1C=Cc2ccccc2[C@@H]1[C@@H]1c2ccccc2C=CN1C(C)=O. The van der Waals surface area contributed by atoms with Gasteiger partial charge in [-0.25, -0.2) is 0 Å². The van der Waals surface area contributed by atoms with Crippen molar-refractivity contribution in [3.63, 3.8) is 0 Å². The molecule has 0 radical (unpaired) electrons. The Kier molecular flexibility index (Phi) is 3.96. The highest BCUT2D eigenvalue weighted by molar-refractivity contribution is 5.81. The summed E-state index contributed by atoms with van der Waals surface area (Å²) in [4.78, 5) is 28.3. The summed E-state index contributed by atoms with van der Waals surface area (Å²) in [6, 6.07) is 15.5. The molecule has 0 fully saturated rings. The van der Waals surface area contributed by atoms with Crippen LogP contribution in [0.2, 0.25) is 0 Å². The molecule has 0 spiro atoms. The maximum absolute atomic E-state index is 12.4. The third-order valence-corrected chi connectivity index (χ3v) is 5.08. The number of hydrogen-bond acceptors (Lipinski definition) is 2. The quantitative estimate of drug-likeness (QED) is 0.780. The summed E-state index contributed by atoms with van der Waals surface area (Å²) in [7, 11) is 0. The molecule has 0 bridgehead atoms. The van der Waals surface area contributed by atoms with Gasteiger partial charge in [0.15, 0.2) is 0 Å². The van der Waals surface area contributed by atoms with Crippen LogP contribution in [0.4, 0.5) is 0 Å². The molecule has 0 aromatic heterocycles. The van der Waals surface area contributed by atoms with Crippen LogP contribution in [0.3, 0.4) is 0 Å². The van der Waals surface area contributed by atoms with Crippen LogP contribution in [0.5, 0.6) is 0 Å². The van der Waals surface area contributed by atoms with Gasteiger partial charge in [-0.3, -0.25) is 9.59 Å². The lowest BCUT2D eigenvalue weighted by Crippen LogP contribution is -2.42. The first-order chi connectivity index (χ1) is 12.6. The summed E-state index contributed by atoms with van der Waals surface area (Å²) < 4.78 is 0. The van der Waals surface area contributed by atoms with E-state index in [-0.39, 0.29) is 23.9 Å². The van der Waals surface area contributed by atoms with E-state index in [1.165, 1.54) is 0 Å². The van der Waals surface area contributed by atoms with Crippen LogP contribution >= 0.6 is 0 Å². The van der Waals surface area contributed by atoms with E-state index in [2.05, 4.69) is 0 Å². The van der Waals surface area contributed by atoms with Crippen molar-refractivity contribution in [1.82, 2.24) is 9.80 Å². The highest BCUT2D eigenvalue weighted by atomic mass is 16.2. The van der Waals surface area contributed by atoms with E-state index in [0.717, 1.165) is 22.3 Å². The molecule has 130 valence electrons. The first-order valence-electron chi connectivity index (χ1n) is 8.70. The van der Waals surface area contributed by atoms with Crippen LogP contribution in [-0.2, 0) is 9.59 Å². The van der Waals surface area contributed by atoms with Gasteiger partial charge in [-0.2, -0.15) is 0 Å². The van der Waals surface area contributed by atoms with Crippen LogP contribution in [0.15, 0.2) is 60.9 Å². The molecule has 2 aromatic carbocycles. The van der Waals surface area contributed by atoms with Crippen molar-refractivity contribution in [2.24, 2.45) is 0 Å². The Morgan fingerprint density at radius 1 is 0.692 bits per heavy atom. The van der Waals surface area contributed by atoms with Crippen molar-refractivity contribution in [3.8, 4) is 0 Å². The largest absolute Gasteiger partial charge is 0.309 e. The van der Waals surface area contributed by atoms with Gasteiger partial charge in [-0.15, -0.1) is 0 Å². The maximum Gasteiger partial charge on any atom is 0.224 e. The van der Waals surface area contributed by atoms with Crippen LogP contribution < -0.4 is 0 Å². The molecule has 0 N–H and O–H groups in total. The molecular weight excluding hydrogens is 324 g/mol. The second kappa shape index (κ2) is 6.30. The number of rotatable bonds is 1. The van der Waals surface area contributed by atoms with Crippen molar-refractivity contribution in [2.45, 2.75) is 25.9 Å². The lowest BCUT2D eigenvalue weighted by molar-refractivity contribution is -0.134. The van der Waals surface area contributed by atoms with Gasteiger partial charge in [0, 0.05) is 26.2 Å². The molecule has 0 saturated carbocycles. The highest BCUT2D eigenvalue weighted by Gasteiger charge is 2.39. The third kappa shape index (κ3) is 2.54. The summed E-state index contributed by atoms with van der Waals surface area (Å²) in [6.07, 6.45) is 7.56.